The minimum atomic E-state index is -4.63. The molecule has 103 heavy (non-hydrogen) atoms. The summed E-state index contributed by atoms with van der Waals surface area (Å²) in [6.45, 7) is 154. The van der Waals surface area contributed by atoms with E-state index in [0.29, 0.717) is 51.7 Å². The average Bonchev–Trinajstić information content (AvgIpc) is 0.677. The first-order valence-electron chi connectivity index (χ1n) is 41.4. The van der Waals surface area contributed by atoms with Crippen LogP contribution in [0.4, 0.5) is 0 Å². The van der Waals surface area contributed by atoms with E-state index in [1.807, 2.05) is 50.0 Å². The van der Waals surface area contributed by atoms with Gasteiger partial charge in [0.1, 0.15) is 0 Å². The van der Waals surface area contributed by atoms with Crippen molar-refractivity contribution < 1.29 is 0 Å². The molecule has 0 aliphatic carbocycles. The molecule has 0 unspecified atom stereocenters. The first-order valence-corrected chi connectivity index (χ1v) is 117. The molecule has 0 aromatic heterocycles. The van der Waals surface area contributed by atoms with Gasteiger partial charge in [-0.2, -0.15) is 0 Å². The number of hydrogen-bond donors (Lipinski definition) is 0. The van der Waals surface area contributed by atoms with E-state index in [0.717, 1.165) is 0 Å². The third kappa shape index (κ3) is 22.9. The van der Waals surface area contributed by atoms with Crippen LogP contribution < -0.4 is 12.6 Å². The molecule has 0 saturated carbocycles. The molecule has 1 saturated heterocycles. The molecular weight excluding hydrogens is 1670 g/mol. The van der Waals surface area contributed by atoms with Gasteiger partial charge in [0, 0.05) is 0 Å². The summed E-state index contributed by atoms with van der Waals surface area (Å²) in [5.74, 6) is 0. The molecule has 22 heteroatoms. The third-order valence-electron chi connectivity index (χ3n) is 23.6. The molecule has 0 bridgehead atoms. The van der Waals surface area contributed by atoms with E-state index < -0.39 is 161 Å². The van der Waals surface area contributed by atoms with Crippen LogP contribution in [-0.4, -0.2) is 166 Å². The van der Waals surface area contributed by atoms with Crippen LogP contribution in [0.15, 0.2) is 36.4 Å². The van der Waals surface area contributed by atoms with Crippen LogP contribution in [0, 0.1) is 0 Å². The Balaban J connectivity index is 3.09. The Kier molecular flexibility index (Phi) is 29.8. The van der Waals surface area contributed by atoms with Gasteiger partial charge in [-0.1, -0.05) is 0 Å². The van der Waals surface area contributed by atoms with E-state index >= 15 is 0 Å². The Morgan fingerprint density at radius 1 is 0.184 bits per heavy atom. The van der Waals surface area contributed by atoms with Crippen LogP contribution in [0.5, 0.6) is 0 Å². The van der Waals surface area contributed by atoms with Crippen molar-refractivity contribution >= 4 is 196 Å². The maximum atomic E-state index is 3.22. The van der Waals surface area contributed by atoms with E-state index in [9.17, 15) is 0 Å². The van der Waals surface area contributed by atoms with Gasteiger partial charge in [-0.05, 0) is 0 Å². The minimum absolute atomic E-state index is 0.399. The number of rotatable bonds is 30. The number of hydrogen-bond acceptors (Lipinski definition) is 2. The van der Waals surface area contributed by atoms with Gasteiger partial charge in [0.15, 0.2) is 0 Å². The fraction of sp³-hybridized carbons (Fsp3) is 0.778. The van der Waals surface area contributed by atoms with Gasteiger partial charge in [0.05, 0.1) is 0 Å². The summed E-state index contributed by atoms with van der Waals surface area (Å²) < 4.78 is 4.26. The molecule has 3 aromatic rings. The summed E-state index contributed by atoms with van der Waals surface area (Å²) in [4.78, 5) is 0. The van der Waals surface area contributed by atoms with Gasteiger partial charge in [0.2, 0.25) is 0 Å². The molecule has 0 nitrogen and oxygen atoms in total. The van der Waals surface area contributed by atoms with E-state index in [4.69, 9.17) is 0 Å². The summed E-state index contributed by atoms with van der Waals surface area (Å²) >= 11 is -4.63. The quantitative estimate of drug-likeness (QED) is 0.0610. The fourth-order valence-corrected chi connectivity index (χ4v) is 179. The SMILES string of the molecule is C[Si](C)(C)C(c1cc(C([Si](C)(C)C)[Si](C)(C)C)c(B2[S][Sn]([c]3c(C([Si](C)(C)C)[Si](C)(C)C)cc(C([Si](C)(C)C)[Si](C)(C)C)cc3C([Si](C)(C)C)[Si](C)(C)C)([c]3c(C([Si](C)(C)C)[Si](C)(C)C)cc(C([Si](C)(C)C)[Si](C)(C)C)cc3C([Si](C)(C)C)[Si](C)(C)C)[S]2)c(C([Si](C)(C)C)[Si](C)(C)C)c1)[Si](C)(C)C. The summed E-state index contributed by atoms with van der Waals surface area (Å²) in [5.41, 5.74) is 19.2. The number of benzene rings is 3. The van der Waals surface area contributed by atoms with Gasteiger partial charge >= 0.3 is 683 Å². The summed E-state index contributed by atoms with van der Waals surface area (Å²) in [7, 11) is -28.4. The second-order valence-corrected chi connectivity index (χ2v) is 177. The summed E-state index contributed by atoms with van der Waals surface area (Å²) in [6, 6.07) is 19.1. The van der Waals surface area contributed by atoms with E-state index in [-0.39, 0.29) is 0 Å². The molecule has 0 radical (unpaired) electrons. The van der Waals surface area contributed by atoms with Crippen molar-refractivity contribution in [3.8, 4) is 0 Å². The zero-order valence-electron chi connectivity index (χ0n) is 79.6. The van der Waals surface area contributed by atoms with Crippen LogP contribution >= 0.6 is 17.6 Å². The van der Waals surface area contributed by atoms with E-state index in [1.165, 1.54) is 0 Å². The first-order chi connectivity index (χ1) is 44.5. The van der Waals surface area contributed by atoms with Gasteiger partial charge < -0.3 is 0 Å². The summed E-state index contributed by atoms with van der Waals surface area (Å²) in [6.07, 6.45) is 0. The van der Waals surface area contributed by atoms with Crippen LogP contribution in [-0.2, 0) is 0 Å². The normalized spacial score (nSPS) is 16.6. The predicted molar refractivity (Wildman–Crippen MR) is 550 cm³/mol. The molecule has 1 heterocycles. The van der Waals surface area contributed by atoms with E-state index in [1.54, 1.807) is 5.56 Å². The Morgan fingerprint density at radius 3 is 0.427 bits per heavy atom. The third-order valence-corrected chi connectivity index (χ3v) is 138. The Morgan fingerprint density at radius 2 is 0.301 bits per heavy atom. The molecule has 0 N–H and O–H groups in total. The van der Waals surface area contributed by atoms with Crippen molar-refractivity contribution in [3.63, 3.8) is 0 Å². The first kappa shape index (κ1) is 98.5. The monoisotopic (exact) mass is 1850 g/mol. The second kappa shape index (κ2) is 31.2. The molecule has 1 fully saturated rings. The molecular formula is C81H177BS2Si18Sn. The van der Waals surface area contributed by atoms with Crippen LogP contribution in [0.3, 0.4) is 0 Å². The zero-order valence-corrected chi connectivity index (χ0v) is 102. The molecule has 592 valence electrons. The molecule has 0 amide bonds. The topological polar surface area (TPSA) is 0 Å². The standard InChI is InChI=1S/C27H59BS2Si6.2C27H59Si6.Sn/c1-31(2,3)25(32(4,5)6)21-19-22(26(33(7,8)9)34(10,11)12)24(28(29)30)23(20-21)27(35(13,14)15)36(16,17)18;2*1-28(2,3)25(29(4,5)6)22-19-23(26(30(7,8)9)31(10,11)12)21-24(20-22)27(32(13,14)15)33(16,17)18;/h19-20,25-27H,1-18H3;2*19-20,25-27H,1-18H3;/q-2;;;+2. The van der Waals surface area contributed by atoms with Gasteiger partial charge in [0.25, 0.3) is 0 Å². The zero-order chi connectivity index (χ0) is 81.9. The van der Waals surface area contributed by atoms with Crippen LogP contribution in [0.25, 0.3) is 0 Å². The van der Waals surface area contributed by atoms with Crippen molar-refractivity contribution in [2.24, 2.45) is 0 Å². The Bertz CT molecular complexity index is 3020. The maximum absolute atomic E-state index is 4.63. The van der Waals surface area contributed by atoms with Crippen molar-refractivity contribution in [2.75, 3.05) is 0 Å². The van der Waals surface area contributed by atoms with Crippen molar-refractivity contribution in [1.29, 1.82) is 0 Å². The molecule has 1 aliphatic heterocycles. The fourth-order valence-electron chi connectivity index (χ4n) is 26.1. The Hall–Kier alpha value is 3.13. The predicted octanol–water partition coefficient (Wildman–Crippen LogP) is 28.7. The van der Waals surface area contributed by atoms with Gasteiger partial charge in [-0.15, -0.1) is 0 Å². The second-order valence-electron chi connectivity index (χ2n) is 53.9. The summed E-state index contributed by atoms with van der Waals surface area (Å²) in [5, 5.41) is 6.30. The average molecular weight is 1850 g/mol. The Labute approximate surface area is 675 Å². The molecule has 1 aliphatic rings. The molecule has 0 atom stereocenters. The molecule has 4 rings (SSSR count). The van der Waals surface area contributed by atoms with Gasteiger partial charge in [-0.3, -0.25) is 0 Å². The van der Waals surface area contributed by atoms with E-state index in [2.05, 4.69) is 415 Å². The van der Waals surface area contributed by atoms with Crippen LogP contribution in [0.2, 0.25) is 354 Å². The molecule has 0 spiro atoms. The van der Waals surface area contributed by atoms with Crippen molar-refractivity contribution in [2.45, 2.75) is 400 Å². The van der Waals surface area contributed by atoms with Crippen molar-refractivity contribution in [1.82, 2.24) is 0 Å². The van der Waals surface area contributed by atoms with Crippen LogP contribution in [0.1, 0.15) is 96.6 Å². The van der Waals surface area contributed by atoms with Crippen molar-refractivity contribution in [3.05, 3.63) is 86.5 Å². The van der Waals surface area contributed by atoms with Gasteiger partial charge in [-0.25, -0.2) is 0 Å². The molecule has 3 aromatic carbocycles.